The van der Waals surface area contributed by atoms with Gasteiger partial charge in [0.1, 0.15) is 0 Å². The molecule has 1 fully saturated rings. The minimum absolute atomic E-state index is 0.0221. The molecule has 1 saturated carbocycles. The van der Waals surface area contributed by atoms with Crippen molar-refractivity contribution in [3.8, 4) is 0 Å². The number of anilines is 1. The second-order valence-corrected chi connectivity index (χ2v) is 7.03. The standard InChI is InChI=1S/C14H20N2O2S/c1-10(19(2)18)9-16-13(17)14(7-8-14)11-3-5-12(15)6-4-11/h3-6,10H,7-9,15H2,1-2H3,(H,16,17). The molecule has 1 aliphatic rings. The van der Waals surface area contributed by atoms with Gasteiger partial charge in [-0.25, -0.2) is 0 Å². The molecule has 0 aromatic heterocycles. The Hall–Kier alpha value is -1.36. The number of rotatable bonds is 5. The van der Waals surface area contributed by atoms with Crippen LogP contribution in [-0.2, 0) is 21.0 Å². The highest BCUT2D eigenvalue weighted by molar-refractivity contribution is 7.84. The van der Waals surface area contributed by atoms with Crippen LogP contribution in [-0.4, -0.2) is 28.2 Å². The van der Waals surface area contributed by atoms with Gasteiger partial charge in [0.05, 0.1) is 5.41 Å². The number of carbonyl (C=O) groups is 1. The summed E-state index contributed by atoms with van der Waals surface area (Å²) in [6.07, 6.45) is 3.39. The first-order valence-electron chi connectivity index (χ1n) is 6.42. The number of carbonyl (C=O) groups excluding carboxylic acids is 1. The van der Waals surface area contributed by atoms with Gasteiger partial charge in [-0.05, 0) is 37.5 Å². The third-order valence-corrected chi connectivity index (χ3v) is 5.06. The van der Waals surface area contributed by atoms with Gasteiger partial charge in [-0.15, -0.1) is 0 Å². The summed E-state index contributed by atoms with van der Waals surface area (Å²) in [7, 11) is -0.912. The van der Waals surface area contributed by atoms with Crippen LogP contribution in [0.25, 0.3) is 0 Å². The molecule has 2 rings (SSSR count). The van der Waals surface area contributed by atoms with Gasteiger partial charge >= 0.3 is 0 Å². The molecule has 2 atom stereocenters. The van der Waals surface area contributed by atoms with Gasteiger partial charge in [-0.3, -0.25) is 9.00 Å². The molecule has 0 heterocycles. The van der Waals surface area contributed by atoms with Crippen LogP contribution < -0.4 is 11.1 Å². The van der Waals surface area contributed by atoms with E-state index in [2.05, 4.69) is 5.32 Å². The quantitative estimate of drug-likeness (QED) is 0.796. The topological polar surface area (TPSA) is 72.2 Å². The number of benzene rings is 1. The van der Waals surface area contributed by atoms with Crippen LogP contribution >= 0.6 is 0 Å². The normalized spacial score (nSPS) is 19.5. The lowest BCUT2D eigenvalue weighted by Crippen LogP contribution is -2.39. The lowest BCUT2D eigenvalue weighted by atomic mass is 9.95. The first kappa shape index (κ1) is 14.1. The van der Waals surface area contributed by atoms with E-state index in [4.69, 9.17) is 5.73 Å². The summed E-state index contributed by atoms with van der Waals surface area (Å²) in [5.41, 5.74) is 7.00. The van der Waals surface area contributed by atoms with Gasteiger partial charge in [0.15, 0.2) is 0 Å². The first-order chi connectivity index (χ1) is 8.95. The fourth-order valence-electron chi connectivity index (χ4n) is 2.10. The van der Waals surface area contributed by atoms with E-state index < -0.39 is 10.8 Å². The molecule has 0 radical (unpaired) electrons. The number of hydrogen-bond donors (Lipinski definition) is 2. The number of nitrogens with one attached hydrogen (secondary N) is 1. The van der Waals surface area contributed by atoms with E-state index in [1.165, 1.54) is 0 Å². The van der Waals surface area contributed by atoms with E-state index in [0.717, 1.165) is 18.4 Å². The van der Waals surface area contributed by atoms with Crippen molar-refractivity contribution in [3.63, 3.8) is 0 Å². The maximum Gasteiger partial charge on any atom is 0.230 e. The van der Waals surface area contributed by atoms with Gasteiger partial charge in [0.2, 0.25) is 5.91 Å². The summed E-state index contributed by atoms with van der Waals surface area (Å²) >= 11 is 0. The zero-order chi connectivity index (χ0) is 14.0. The van der Waals surface area contributed by atoms with Gasteiger partial charge in [0.25, 0.3) is 0 Å². The molecule has 0 spiro atoms. The van der Waals surface area contributed by atoms with Crippen molar-refractivity contribution in [3.05, 3.63) is 29.8 Å². The minimum Gasteiger partial charge on any atom is -0.399 e. The number of hydrogen-bond acceptors (Lipinski definition) is 3. The van der Waals surface area contributed by atoms with Crippen LogP contribution in [0.1, 0.15) is 25.3 Å². The summed E-state index contributed by atoms with van der Waals surface area (Å²) in [6, 6.07) is 7.49. The van der Waals surface area contributed by atoms with E-state index in [1.54, 1.807) is 6.26 Å². The van der Waals surface area contributed by atoms with E-state index in [0.29, 0.717) is 12.2 Å². The molecule has 2 unspecified atom stereocenters. The smallest absolute Gasteiger partial charge is 0.230 e. The molecule has 0 saturated heterocycles. The third kappa shape index (κ3) is 2.97. The number of amides is 1. The largest absolute Gasteiger partial charge is 0.399 e. The Balaban J connectivity index is 2.02. The molecule has 1 aliphatic carbocycles. The zero-order valence-corrected chi connectivity index (χ0v) is 12.1. The molecule has 104 valence electrons. The maximum absolute atomic E-state index is 12.3. The summed E-state index contributed by atoms with van der Waals surface area (Å²) < 4.78 is 11.3. The van der Waals surface area contributed by atoms with Gasteiger partial charge in [-0.2, -0.15) is 0 Å². The van der Waals surface area contributed by atoms with Crippen LogP contribution in [0.2, 0.25) is 0 Å². The van der Waals surface area contributed by atoms with E-state index in [9.17, 15) is 9.00 Å². The van der Waals surface area contributed by atoms with Gasteiger partial charge < -0.3 is 11.1 Å². The highest BCUT2D eigenvalue weighted by Crippen LogP contribution is 2.48. The Morgan fingerprint density at radius 2 is 2.00 bits per heavy atom. The van der Waals surface area contributed by atoms with Crippen LogP contribution in [0.15, 0.2) is 24.3 Å². The molecule has 3 N–H and O–H groups in total. The summed E-state index contributed by atoms with van der Waals surface area (Å²) in [6.45, 7) is 2.33. The maximum atomic E-state index is 12.3. The minimum atomic E-state index is -0.912. The van der Waals surface area contributed by atoms with Gasteiger partial charge in [0, 0.05) is 34.5 Å². The van der Waals surface area contributed by atoms with E-state index >= 15 is 0 Å². The molecular weight excluding hydrogens is 260 g/mol. The number of nitrogens with two attached hydrogens (primary N) is 1. The monoisotopic (exact) mass is 280 g/mol. The van der Waals surface area contributed by atoms with Crippen molar-refractivity contribution >= 4 is 22.4 Å². The highest BCUT2D eigenvalue weighted by Gasteiger charge is 2.51. The number of nitrogen functional groups attached to an aromatic ring is 1. The SMILES string of the molecule is CC(CNC(=O)C1(c2ccc(N)cc2)CC1)S(C)=O. The molecule has 1 amide bonds. The molecule has 4 nitrogen and oxygen atoms in total. The molecular formula is C14H20N2O2S. The van der Waals surface area contributed by atoms with Crippen molar-refractivity contribution in [2.24, 2.45) is 0 Å². The van der Waals surface area contributed by atoms with Crippen LogP contribution in [0.4, 0.5) is 5.69 Å². The Bertz CT molecular complexity index is 495. The van der Waals surface area contributed by atoms with E-state index in [-0.39, 0.29) is 16.6 Å². The molecule has 0 aliphatic heterocycles. The van der Waals surface area contributed by atoms with Crippen LogP contribution in [0.5, 0.6) is 0 Å². The average molecular weight is 280 g/mol. The van der Waals surface area contributed by atoms with Crippen LogP contribution in [0, 0.1) is 0 Å². The molecule has 5 heteroatoms. The summed E-state index contributed by atoms with van der Waals surface area (Å²) in [5.74, 6) is 0.0366. The fourth-order valence-corrected chi connectivity index (χ4v) is 2.42. The van der Waals surface area contributed by atoms with Crippen molar-refractivity contribution in [1.82, 2.24) is 5.32 Å². The zero-order valence-electron chi connectivity index (χ0n) is 11.3. The summed E-state index contributed by atoms with van der Waals surface area (Å²) in [4.78, 5) is 12.3. The molecule has 1 aromatic carbocycles. The lowest BCUT2D eigenvalue weighted by Gasteiger charge is -2.17. The van der Waals surface area contributed by atoms with Crippen molar-refractivity contribution < 1.29 is 9.00 Å². The average Bonchev–Trinajstić information content (AvgIpc) is 3.17. The fraction of sp³-hybridized carbons (Fsp3) is 0.500. The van der Waals surface area contributed by atoms with Gasteiger partial charge in [-0.1, -0.05) is 12.1 Å². The lowest BCUT2D eigenvalue weighted by molar-refractivity contribution is -0.123. The van der Waals surface area contributed by atoms with Crippen LogP contribution in [0.3, 0.4) is 0 Å². The second-order valence-electron chi connectivity index (χ2n) is 5.22. The molecule has 1 aromatic rings. The third-order valence-electron chi connectivity index (χ3n) is 3.76. The Labute approximate surface area is 116 Å². The molecule has 19 heavy (non-hydrogen) atoms. The molecule has 0 bridgehead atoms. The van der Waals surface area contributed by atoms with Crippen molar-refractivity contribution in [1.29, 1.82) is 0 Å². The van der Waals surface area contributed by atoms with Crippen molar-refractivity contribution in [2.45, 2.75) is 30.4 Å². The Kier molecular flexibility index (Phi) is 3.94. The van der Waals surface area contributed by atoms with Crippen molar-refractivity contribution in [2.75, 3.05) is 18.5 Å². The Morgan fingerprint density at radius 1 is 1.42 bits per heavy atom. The Morgan fingerprint density at radius 3 is 2.47 bits per heavy atom. The second kappa shape index (κ2) is 5.33. The highest BCUT2D eigenvalue weighted by atomic mass is 32.2. The predicted molar refractivity (Wildman–Crippen MR) is 78.3 cm³/mol. The summed E-state index contributed by atoms with van der Waals surface area (Å²) in [5, 5.41) is 2.89. The first-order valence-corrected chi connectivity index (χ1v) is 8.04. The predicted octanol–water partition coefficient (Wildman–Crippen LogP) is 1.18. The van der Waals surface area contributed by atoms with E-state index in [1.807, 2.05) is 31.2 Å².